The van der Waals surface area contributed by atoms with Crippen molar-refractivity contribution in [3.63, 3.8) is 0 Å². The Hall–Kier alpha value is -3.23. The number of allylic oxidation sites excluding steroid dienone is 1. The fourth-order valence-corrected chi connectivity index (χ4v) is 3.83. The zero-order valence-corrected chi connectivity index (χ0v) is 15.4. The highest BCUT2D eigenvalue weighted by Crippen LogP contribution is 2.35. The number of hydrogen-bond acceptors (Lipinski definition) is 6. The highest BCUT2D eigenvalue weighted by Gasteiger charge is 2.17. The molecular formula is C19H13N3O3S2. The lowest BCUT2D eigenvalue weighted by Crippen LogP contribution is -2.22. The standard InChI is InChI=1S/C19H13N3O3S2/c23-13-7-5-11(6-8-13)17(24)21-22-18(25)16(27-19(22)26)9-12-10-20-15-4-2-1-3-14(12)15/h1-10,23,25H,(H,21,24)/b12-9+. The molecule has 0 bridgehead atoms. The second kappa shape index (κ2) is 6.82. The van der Waals surface area contributed by atoms with Gasteiger partial charge < -0.3 is 10.2 Å². The van der Waals surface area contributed by atoms with Gasteiger partial charge in [-0.3, -0.25) is 15.2 Å². The second-order valence-electron chi connectivity index (χ2n) is 5.75. The molecule has 3 aromatic rings. The van der Waals surface area contributed by atoms with E-state index in [1.807, 2.05) is 24.3 Å². The van der Waals surface area contributed by atoms with Gasteiger partial charge in [0, 0.05) is 22.9 Å². The average Bonchev–Trinajstić information content (AvgIpc) is 3.19. The van der Waals surface area contributed by atoms with Crippen molar-refractivity contribution in [2.75, 3.05) is 5.43 Å². The Morgan fingerprint density at radius 1 is 1.15 bits per heavy atom. The third-order valence-corrected chi connectivity index (χ3v) is 5.31. The summed E-state index contributed by atoms with van der Waals surface area (Å²) >= 11 is 6.45. The van der Waals surface area contributed by atoms with Crippen LogP contribution in [-0.2, 0) is 0 Å². The lowest BCUT2D eigenvalue weighted by Gasteiger charge is -2.07. The zero-order valence-electron chi connectivity index (χ0n) is 13.8. The van der Waals surface area contributed by atoms with Crippen LogP contribution in [0.4, 0.5) is 5.69 Å². The monoisotopic (exact) mass is 395 g/mol. The van der Waals surface area contributed by atoms with E-state index in [2.05, 4.69) is 10.4 Å². The largest absolute Gasteiger partial charge is 0.508 e. The summed E-state index contributed by atoms with van der Waals surface area (Å²) in [6, 6.07) is 13.5. The molecule has 1 aliphatic heterocycles. The van der Waals surface area contributed by atoms with Crippen molar-refractivity contribution in [1.29, 1.82) is 0 Å². The molecule has 8 heteroatoms. The number of para-hydroxylation sites is 1. The Bertz CT molecular complexity index is 1160. The summed E-state index contributed by atoms with van der Waals surface area (Å²) in [4.78, 5) is 17.2. The number of amides is 1. The Morgan fingerprint density at radius 3 is 2.67 bits per heavy atom. The molecule has 0 unspecified atom stereocenters. The summed E-state index contributed by atoms with van der Waals surface area (Å²) in [5.41, 5.74) is 5.59. The summed E-state index contributed by atoms with van der Waals surface area (Å²) in [6.45, 7) is 0. The molecular weight excluding hydrogens is 382 g/mol. The van der Waals surface area contributed by atoms with Gasteiger partial charge in [-0.25, -0.2) is 0 Å². The smallest absolute Gasteiger partial charge is 0.270 e. The Kier molecular flexibility index (Phi) is 4.35. The maximum atomic E-state index is 12.3. The zero-order chi connectivity index (χ0) is 19.0. The first-order valence-electron chi connectivity index (χ1n) is 7.93. The molecule has 0 saturated heterocycles. The highest BCUT2D eigenvalue weighted by atomic mass is 32.1. The van der Waals surface area contributed by atoms with Crippen LogP contribution in [0.15, 0.2) is 53.5 Å². The van der Waals surface area contributed by atoms with Crippen LogP contribution in [0, 0.1) is 3.95 Å². The minimum absolute atomic E-state index is 0.0639. The Labute approximate surface area is 163 Å². The predicted molar refractivity (Wildman–Crippen MR) is 109 cm³/mol. The van der Waals surface area contributed by atoms with Gasteiger partial charge in [-0.2, -0.15) is 4.68 Å². The lowest BCUT2D eigenvalue weighted by molar-refractivity contribution is 0.101. The normalized spacial score (nSPS) is 13.7. The number of carbonyl (C=O) groups excluding carboxylic acids is 1. The number of phenols is 1. The number of carbonyl (C=O) groups is 1. The number of phenolic OH excluding ortho intramolecular Hbond substituents is 1. The van der Waals surface area contributed by atoms with Gasteiger partial charge in [-0.05, 0) is 48.6 Å². The first kappa shape index (κ1) is 17.2. The molecule has 0 aliphatic carbocycles. The predicted octanol–water partition coefficient (Wildman–Crippen LogP) is 4.33. The average molecular weight is 395 g/mol. The van der Waals surface area contributed by atoms with Crippen molar-refractivity contribution in [2.24, 2.45) is 4.99 Å². The summed E-state index contributed by atoms with van der Waals surface area (Å²) in [5, 5.41) is 19.8. The number of aromatic hydroxyl groups is 2. The molecule has 0 radical (unpaired) electrons. The van der Waals surface area contributed by atoms with E-state index in [1.165, 1.54) is 40.3 Å². The molecule has 1 aliphatic rings. The number of nitrogens with one attached hydrogen (secondary N) is 1. The molecule has 2 heterocycles. The fourth-order valence-electron chi connectivity index (χ4n) is 2.65. The molecule has 3 N–H and O–H groups in total. The van der Waals surface area contributed by atoms with E-state index in [1.54, 1.807) is 12.3 Å². The van der Waals surface area contributed by atoms with Crippen LogP contribution in [0.25, 0.3) is 11.6 Å². The summed E-state index contributed by atoms with van der Waals surface area (Å²) in [6.07, 6.45) is 3.51. The van der Waals surface area contributed by atoms with Crippen LogP contribution < -0.4 is 5.43 Å². The van der Waals surface area contributed by atoms with Gasteiger partial charge in [0.05, 0.1) is 10.6 Å². The molecule has 27 heavy (non-hydrogen) atoms. The van der Waals surface area contributed by atoms with Gasteiger partial charge in [0.15, 0.2) is 3.95 Å². The molecule has 0 fully saturated rings. The lowest BCUT2D eigenvalue weighted by atomic mass is 10.1. The van der Waals surface area contributed by atoms with E-state index in [0.717, 1.165) is 16.8 Å². The first-order valence-corrected chi connectivity index (χ1v) is 9.16. The number of fused-ring (bicyclic) bond motifs is 1. The van der Waals surface area contributed by atoms with Crippen molar-refractivity contribution < 1.29 is 15.0 Å². The summed E-state index contributed by atoms with van der Waals surface area (Å²) in [7, 11) is 0. The number of aromatic nitrogens is 1. The van der Waals surface area contributed by atoms with Gasteiger partial charge in [-0.1, -0.05) is 29.5 Å². The summed E-state index contributed by atoms with van der Waals surface area (Å²) in [5.74, 6) is -0.539. The summed E-state index contributed by atoms with van der Waals surface area (Å²) < 4.78 is 1.47. The van der Waals surface area contributed by atoms with E-state index in [0.29, 0.717) is 14.4 Å². The van der Waals surface area contributed by atoms with Crippen LogP contribution in [0.3, 0.4) is 0 Å². The topological polar surface area (TPSA) is 86.9 Å². The van der Waals surface area contributed by atoms with Gasteiger partial charge in [-0.15, -0.1) is 0 Å². The molecule has 1 amide bonds. The number of nitrogens with zero attached hydrogens (tertiary/aromatic N) is 2. The molecule has 1 aromatic heterocycles. The Morgan fingerprint density at radius 2 is 1.89 bits per heavy atom. The molecule has 0 spiro atoms. The van der Waals surface area contributed by atoms with E-state index in [4.69, 9.17) is 12.2 Å². The third-order valence-electron chi connectivity index (χ3n) is 4.00. The van der Waals surface area contributed by atoms with Crippen LogP contribution in [-0.4, -0.2) is 27.0 Å². The van der Waals surface area contributed by atoms with E-state index in [-0.39, 0.29) is 11.6 Å². The molecule has 0 saturated carbocycles. The van der Waals surface area contributed by atoms with Crippen molar-refractivity contribution >= 4 is 53.0 Å². The number of hydrogen-bond donors (Lipinski definition) is 3. The maximum absolute atomic E-state index is 12.3. The maximum Gasteiger partial charge on any atom is 0.270 e. The highest BCUT2D eigenvalue weighted by molar-refractivity contribution is 7.73. The van der Waals surface area contributed by atoms with Crippen molar-refractivity contribution in [3.05, 3.63) is 68.5 Å². The van der Waals surface area contributed by atoms with Crippen LogP contribution in [0.5, 0.6) is 11.6 Å². The van der Waals surface area contributed by atoms with Crippen molar-refractivity contribution in [1.82, 2.24) is 4.68 Å². The minimum Gasteiger partial charge on any atom is -0.508 e. The van der Waals surface area contributed by atoms with Crippen LogP contribution >= 0.6 is 23.6 Å². The molecule has 6 nitrogen and oxygen atoms in total. The van der Waals surface area contributed by atoms with Gasteiger partial charge in [0.1, 0.15) is 5.75 Å². The Balaban J connectivity index is 1.64. The third kappa shape index (κ3) is 3.27. The van der Waals surface area contributed by atoms with Crippen LogP contribution in [0.1, 0.15) is 20.8 Å². The number of benzene rings is 2. The quantitative estimate of drug-likeness (QED) is 0.576. The molecule has 0 atom stereocenters. The molecule has 2 aromatic carbocycles. The van der Waals surface area contributed by atoms with Gasteiger partial charge >= 0.3 is 0 Å². The number of rotatable bonds is 3. The van der Waals surface area contributed by atoms with E-state index in [9.17, 15) is 15.0 Å². The van der Waals surface area contributed by atoms with Crippen molar-refractivity contribution in [2.45, 2.75) is 0 Å². The van der Waals surface area contributed by atoms with Gasteiger partial charge in [0.25, 0.3) is 5.91 Å². The minimum atomic E-state index is -0.453. The number of thiazole rings is 1. The molecule has 4 rings (SSSR count). The van der Waals surface area contributed by atoms with Crippen molar-refractivity contribution in [3.8, 4) is 11.6 Å². The molecule has 134 valence electrons. The van der Waals surface area contributed by atoms with E-state index >= 15 is 0 Å². The first-order chi connectivity index (χ1) is 13.0. The van der Waals surface area contributed by atoms with Gasteiger partial charge in [0.2, 0.25) is 5.88 Å². The van der Waals surface area contributed by atoms with Crippen LogP contribution in [0.2, 0.25) is 0 Å². The second-order valence-corrected chi connectivity index (χ2v) is 7.43. The SMILES string of the molecule is O=C(Nn1c(O)c(/C=C2\C=Nc3ccccc32)sc1=S)c1ccc(O)cc1. The van der Waals surface area contributed by atoms with E-state index < -0.39 is 5.91 Å². The fraction of sp³-hybridized carbons (Fsp3) is 0. The number of aliphatic imine (C=N–C) groups is 1.